The molecule has 1 aromatic rings. The lowest BCUT2D eigenvalue weighted by Crippen LogP contribution is -2.44. The molecule has 2 fully saturated rings. The van der Waals surface area contributed by atoms with E-state index >= 15 is 0 Å². The lowest BCUT2D eigenvalue weighted by Gasteiger charge is -2.32. The number of hydrogen-bond donors (Lipinski definition) is 1. The van der Waals surface area contributed by atoms with Gasteiger partial charge in [0.15, 0.2) is 0 Å². The van der Waals surface area contributed by atoms with Crippen molar-refractivity contribution >= 4 is 15.9 Å². The molecule has 7 nitrogen and oxygen atoms in total. The first kappa shape index (κ1) is 23.2. The van der Waals surface area contributed by atoms with Gasteiger partial charge in [0.1, 0.15) is 0 Å². The minimum atomic E-state index is -3.54. The van der Waals surface area contributed by atoms with Crippen molar-refractivity contribution in [2.24, 2.45) is 0 Å². The van der Waals surface area contributed by atoms with Crippen LogP contribution in [0.5, 0.6) is 0 Å². The first-order valence-electron chi connectivity index (χ1n) is 11.3. The molecule has 0 radical (unpaired) electrons. The molecule has 8 heteroatoms. The van der Waals surface area contributed by atoms with Gasteiger partial charge in [0, 0.05) is 51.4 Å². The van der Waals surface area contributed by atoms with Gasteiger partial charge in [-0.15, -0.1) is 0 Å². The fourth-order valence-electron chi connectivity index (χ4n) is 4.06. The summed E-state index contributed by atoms with van der Waals surface area (Å²) < 4.78 is 27.5. The molecule has 1 aromatic carbocycles. The maximum atomic E-state index is 13.0. The van der Waals surface area contributed by atoms with E-state index in [1.165, 1.54) is 6.07 Å². The van der Waals surface area contributed by atoms with Crippen LogP contribution in [-0.4, -0.2) is 87.8 Å². The van der Waals surface area contributed by atoms with E-state index in [4.69, 9.17) is 0 Å². The van der Waals surface area contributed by atoms with E-state index in [-0.39, 0.29) is 10.8 Å². The zero-order valence-corrected chi connectivity index (χ0v) is 19.0. The fourth-order valence-corrected chi connectivity index (χ4v) is 5.63. The van der Waals surface area contributed by atoms with Gasteiger partial charge in [-0.1, -0.05) is 18.9 Å². The predicted octanol–water partition coefficient (Wildman–Crippen LogP) is 2.01. The first-order valence-corrected chi connectivity index (χ1v) is 12.7. The third-order valence-electron chi connectivity index (χ3n) is 6.08. The molecule has 2 aliphatic heterocycles. The maximum Gasteiger partial charge on any atom is 0.251 e. The van der Waals surface area contributed by atoms with Crippen molar-refractivity contribution in [1.82, 2.24) is 19.4 Å². The van der Waals surface area contributed by atoms with Crippen molar-refractivity contribution in [3.63, 3.8) is 0 Å². The molecule has 2 saturated heterocycles. The minimum absolute atomic E-state index is 0.206. The molecule has 0 saturated carbocycles. The summed E-state index contributed by atoms with van der Waals surface area (Å²) in [5.74, 6) is -0.206. The number of carbonyl (C=O) groups is 1. The molecule has 0 aromatic heterocycles. The van der Waals surface area contributed by atoms with Crippen molar-refractivity contribution in [2.45, 2.75) is 43.4 Å². The van der Waals surface area contributed by atoms with Gasteiger partial charge < -0.3 is 15.1 Å². The highest BCUT2D eigenvalue weighted by atomic mass is 32.2. The van der Waals surface area contributed by atoms with Crippen LogP contribution in [0.4, 0.5) is 0 Å². The molecule has 0 aliphatic carbocycles. The Balaban J connectivity index is 1.47. The highest BCUT2D eigenvalue weighted by Gasteiger charge is 2.25. The molecule has 0 spiro atoms. The number of nitrogens with zero attached hydrogens (tertiary/aromatic N) is 3. The molecule has 0 atom stereocenters. The Morgan fingerprint density at radius 1 is 0.967 bits per heavy atom. The summed E-state index contributed by atoms with van der Waals surface area (Å²) in [6.45, 7) is 7.25. The van der Waals surface area contributed by atoms with Crippen molar-refractivity contribution in [1.29, 1.82) is 0 Å². The third-order valence-corrected chi connectivity index (χ3v) is 7.98. The van der Waals surface area contributed by atoms with Crippen LogP contribution in [0, 0.1) is 0 Å². The summed E-state index contributed by atoms with van der Waals surface area (Å²) in [6.07, 6.45) is 5.91. The van der Waals surface area contributed by atoms with E-state index in [0.29, 0.717) is 25.2 Å². The van der Waals surface area contributed by atoms with Crippen LogP contribution < -0.4 is 5.32 Å². The molecule has 168 valence electrons. The van der Waals surface area contributed by atoms with Gasteiger partial charge in [0.2, 0.25) is 10.0 Å². The smallest absolute Gasteiger partial charge is 0.251 e. The Hall–Kier alpha value is -1.48. The van der Waals surface area contributed by atoms with Crippen molar-refractivity contribution in [3.05, 3.63) is 29.8 Å². The van der Waals surface area contributed by atoms with Gasteiger partial charge in [-0.05, 0) is 57.5 Å². The van der Waals surface area contributed by atoms with E-state index in [1.54, 1.807) is 22.5 Å². The van der Waals surface area contributed by atoms with Crippen molar-refractivity contribution in [3.8, 4) is 0 Å². The normalized spacial score (nSPS) is 20.0. The van der Waals surface area contributed by atoms with Gasteiger partial charge in [-0.25, -0.2) is 8.42 Å². The number of rotatable bonds is 8. The summed E-state index contributed by atoms with van der Waals surface area (Å²) in [6, 6.07) is 6.45. The highest BCUT2D eigenvalue weighted by Crippen LogP contribution is 2.21. The molecule has 0 bridgehead atoms. The second-order valence-corrected chi connectivity index (χ2v) is 10.4. The zero-order chi connectivity index (χ0) is 21.4. The van der Waals surface area contributed by atoms with Crippen molar-refractivity contribution < 1.29 is 13.2 Å². The molecule has 2 aliphatic rings. The van der Waals surface area contributed by atoms with Gasteiger partial charge in [0.05, 0.1) is 4.90 Å². The van der Waals surface area contributed by atoms with E-state index in [9.17, 15) is 13.2 Å². The molecule has 1 amide bonds. The average Bonchev–Trinajstić information content (AvgIpc) is 3.05. The lowest BCUT2D eigenvalue weighted by atomic mass is 10.2. The number of amides is 1. The fraction of sp³-hybridized carbons (Fsp3) is 0.682. The number of sulfonamides is 1. The summed E-state index contributed by atoms with van der Waals surface area (Å²) in [4.78, 5) is 17.6. The van der Waals surface area contributed by atoms with E-state index in [1.807, 2.05) is 0 Å². The first-order chi connectivity index (χ1) is 14.5. The molecule has 0 unspecified atom stereocenters. The standard InChI is InChI=1S/C22H36N4O3S/c1-24-15-17-25(18-16-24)12-7-4-11-23-22(27)20-9-8-10-21(19-20)30(28,29)26-13-5-2-3-6-14-26/h8-10,19H,2-7,11-18H2,1H3,(H,23,27). The monoisotopic (exact) mass is 436 g/mol. The third kappa shape index (κ3) is 6.51. The summed E-state index contributed by atoms with van der Waals surface area (Å²) >= 11 is 0. The number of likely N-dealkylation sites (N-methyl/N-ethyl adjacent to an activating group) is 1. The molecule has 2 heterocycles. The maximum absolute atomic E-state index is 13.0. The van der Waals surface area contributed by atoms with Crippen LogP contribution in [-0.2, 0) is 10.0 Å². The second-order valence-electron chi connectivity index (χ2n) is 8.45. The van der Waals surface area contributed by atoms with Gasteiger partial charge >= 0.3 is 0 Å². The summed E-state index contributed by atoms with van der Waals surface area (Å²) in [5, 5.41) is 2.94. The number of carbonyl (C=O) groups excluding carboxylic acids is 1. The second kappa shape index (κ2) is 11.2. The highest BCUT2D eigenvalue weighted by molar-refractivity contribution is 7.89. The predicted molar refractivity (Wildman–Crippen MR) is 119 cm³/mol. The van der Waals surface area contributed by atoms with E-state index in [2.05, 4.69) is 22.2 Å². The largest absolute Gasteiger partial charge is 0.352 e. The Kier molecular flexibility index (Phi) is 8.68. The Bertz CT molecular complexity index is 783. The molecular weight excluding hydrogens is 400 g/mol. The van der Waals surface area contributed by atoms with Crippen LogP contribution in [0.1, 0.15) is 48.9 Å². The van der Waals surface area contributed by atoms with Gasteiger partial charge in [-0.2, -0.15) is 4.31 Å². The molecule has 1 N–H and O–H groups in total. The molecular formula is C22H36N4O3S. The summed E-state index contributed by atoms with van der Waals surface area (Å²) in [5.41, 5.74) is 0.407. The van der Waals surface area contributed by atoms with Crippen molar-refractivity contribution in [2.75, 3.05) is 59.4 Å². The number of benzene rings is 1. The van der Waals surface area contributed by atoms with Crippen LogP contribution in [0.15, 0.2) is 29.2 Å². The Morgan fingerprint density at radius 3 is 2.37 bits per heavy atom. The Labute approximate surface area is 181 Å². The zero-order valence-electron chi connectivity index (χ0n) is 18.2. The number of nitrogens with one attached hydrogen (secondary N) is 1. The quantitative estimate of drug-likeness (QED) is 0.631. The SMILES string of the molecule is CN1CCN(CCCCNC(=O)c2cccc(S(=O)(=O)N3CCCCCC3)c2)CC1. The van der Waals surface area contributed by atoms with Crippen LogP contribution in [0.2, 0.25) is 0 Å². The van der Waals surface area contributed by atoms with Gasteiger partial charge in [0.25, 0.3) is 5.91 Å². The lowest BCUT2D eigenvalue weighted by molar-refractivity contribution is 0.0951. The minimum Gasteiger partial charge on any atom is -0.352 e. The van der Waals surface area contributed by atoms with Crippen LogP contribution >= 0.6 is 0 Å². The number of unbranched alkanes of at least 4 members (excludes halogenated alkanes) is 1. The van der Waals surface area contributed by atoms with E-state index < -0.39 is 10.0 Å². The summed E-state index contributed by atoms with van der Waals surface area (Å²) in [7, 11) is -1.39. The Morgan fingerprint density at radius 2 is 1.67 bits per heavy atom. The van der Waals surface area contributed by atoms with Crippen LogP contribution in [0.25, 0.3) is 0 Å². The molecule has 30 heavy (non-hydrogen) atoms. The van der Waals surface area contributed by atoms with Gasteiger partial charge in [-0.3, -0.25) is 4.79 Å². The molecule has 3 rings (SSSR count). The number of hydrogen-bond acceptors (Lipinski definition) is 5. The number of piperazine rings is 1. The van der Waals surface area contributed by atoms with Crippen LogP contribution in [0.3, 0.4) is 0 Å². The van der Waals surface area contributed by atoms with E-state index in [0.717, 1.165) is 71.2 Å². The topological polar surface area (TPSA) is 73.0 Å². The average molecular weight is 437 g/mol.